The number of allylic oxidation sites excluding steroid dienone is 1. The predicted octanol–water partition coefficient (Wildman–Crippen LogP) is 1.74. The Morgan fingerprint density at radius 2 is 2.00 bits per heavy atom. The molecule has 2 aromatic carbocycles. The number of nitrogens with one attached hydrogen (secondary N) is 1. The van der Waals surface area contributed by atoms with E-state index >= 15 is 0 Å². The van der Waals surface area contributed by atoms with Crippen LogP contribution in [-0.4, -0.2) is 44.3 Å². The highest BCUT2D eigenvalue weighted by atomic mass is 16.5. The fraction of sp³-hybridized carbons (Fsp3) is 0.318. The van der Waals surface area contributed by atoms with E-state index in [-0.39, 0.29) is 17.3 Å². The number of para-hydroxylation sites is 1. The molecule has 1 fully saturated rings. The lowest BCUT2D eigenvalue weighted by Crippen LogP contribution is -3.12. The minimum atomic E-state index is -0.170. The van der Waals surface area contributed by atoms with E-state index in [9.17, 15) is 9.90 Å². The second-order valence-corrected chi connectivity index (χ2v) is 7.12. The highest BCUT2D eigenvalue weighted by Gasteiger charge is 2.34. The predicted molar refractivity (Wildman–Crippen MR) is 104 cm³/mol. The average molecular weight is 382 g/mol. The average Bonchev–Trinajstić information content (AvgIpc) is 3.03. The van der Waals surface area contributed by atoms with Crippen LogP contribution < -0.4 is 14.4 Å². The van der Waals surface area contributed by atoms with Crippen LogP contribution in [-0.2, 0) is 11.3 Å². The van der Waals surface area contributed by atoms with Crippen LogP contribution in [0.3, 0.4) is 0 Å². The van der Waals surface area contributed by atoms with Crippen molar-refractivity contribution in [2.75, 3.05) is 33.4 Å². The zero-order valence-electron chi connectivity index (χ0n) is 16.1. The van der Waals surface area contributed by atoms with Gasteiger partial charge in [-0.2, -0.15) is 0 Å². The monoisotopic (exact) mass is 382 g/mol. The minimum Gasteiger partial charge on any atom is -0.507 e. The maximum absolute atomic E-state index is 13.0. The van der Waals surface area contributed by atoms with Gasteiger partial charge < -0.3 is 24.2 Å². The van der Waals surface area contributed by atoms with E-state index in [1.165, 1.54) is 4.90 Å². The van der Waals surface area contributed by atoms with Gasteiger partial charge in [-0.1, -0.05) is 18.2 Å². The molecule has 2 N–H and O–H groups in total. The Hall–Kier alpha value is -2.83. The number of ether oxygens (including phenoxy) is 3. The van der Waals surface area contributed by atoms with Crippen molar-refractivity contribution in [2.45, 2.75) is 13.5 Å². The summed E-state index contributed by atoms with van der Waals surface area (Å²) in [7, 11) is 1.59. The first-order valence-electron chi connectivity index (χ1n) is 9.42. The van der Waals surface area contributed by atoms with Crippen LogP contribution in [0, 0.1) is 6.92 Å². The third-order valence-corrected chi connectivity index (χ3v) is 5.27. The fourth-order valence-electron chi connectivity index (χ4n) is 3.76. The number of aryl methyl sites for hydroxylation is 1. The molecule has 4 rings (SSSR count). The molecule has 6 nitrogen and oxygen atoms in total. The van der Waals surface area contributed by atoms with E-state index in [1.807, 2.05) is 31.2 Å². The fourth-order valence-corrected chi connectivity index (χ4v) is 3.76. The molecular weight excluding hydrogens is 358 g/mol. The van der Waals surface area contributed by atoms with Gasteiger partial charge in [0.1, 0.15) is 31.1 Å². The summed E-state index contributed by atoms with van der Waals surface area (Å²) in [5.41, 5.74) is 2.68. The zero-order valence-corrected chi connectivity index (χ0v) is 16.1. The first-order valence-corrected chi connectivity index (χ1v) is 9.42. The number of carbonyl (C=O) groups is 1. The first kappa shape index (κ1) is 18.5. The number of phenolic OH excluding ortho intramolecular Hbond substituents is 1. The Morgan fingerprint density at radius 3 is 2.75 bits per heavy atom. The molecule has 2 aromatic rings. The summed E-state index contributed by atoms with van der Waals surface area (Å²) in [4.78, 5) is 14.3. The second-order valence-electron chi connectivity index (χ2n) is 7.12. The quantitative estimate of drug-likeness (QED) is 0.789. The lowest BCUT2D eigenvalue weighted by Gasteiger charge is -2.24. The number of phenols is 1. The Kier molecular flexibility index (Phi) is 5.07. The number of quaternary nitrogens is 1. The number of benzene rings is 2. The molecule has 146 valence electrons. The molecule has 0 aliphatic carbocycles. The summed E-state index contributed by atoms with van der Waals surface area (Å²) in [6.07, 6.45) is 1.70. The number of fused-ring (bicyclic) bond motifs is 1. The van der Waals surface area contributed by atoms with Gasteiger partial charge in [-0.05, 0) is 30.7 Å². The van der Waals surface area contributed by atoms with Gasteiger partial charge in [0, 0.05) is 5.56 Å². The number of morpholine rings is 1. The molecular formula is C22H24NO5+. The van der Waals surface area contributed by atoms with Crippen LogP contribution >= 0.6 is 0 Å². The Morgan fingerprint density at radius 1 is 1.25 bits per heavy atom. The number of methoxy groups -OCH3 is 1. The van der Waals surface area contributed by atoms with Gasteiger partial charge in [0.25, 0.3) is 0 Å². The largest absolute Gasteiger partial charge is 0.507 e. The molecule has 28 heavy (non-hydrogen) atoms. The summed E-state index contributed by atoms with van der Waals surface area (Å²) in [6, 6.07) is 9.11. The van der Waals surface area contributed by atoms with E-state index in [4.69, 9.17) is 14.2 Å². The van der Waals surface area contributed by atoms with Crippen molar-refractivity contribution in [1.82, 2.24) is 0 Å². The maximum atomic E-state index is 13.0. The molecule has 2 aliphatic rings. The van der Waals surface area contributed by atoms with Crippen molar-refractivity contribution >= 4 is 11.9 Å². The lowest BCUT2D eigenvalue weighted by molar-refractivity contribution is -0.921. The Labute approximate surface area is 163 Å². The van der Waals surface area contributed by atoms with Gasteiger partial charge in [-0.3, -0.25) is 4.79 Å². The smallest absolute Gasteiger partial charge is 0.232 e. The highest BCUT2D eigenvalue weighted by Crippen LogP contribution is 2.41. The summed E-state index contributed by atoms with van der Waals surface area (Å²) in [6.45, 7) is 5.52. The van der Waals surface area contributed by atoms with Crippen LogP contribution in [0.1, 0.15) is 27.0 Å². The van der Waals surface area contributed by atoms with Crippen LogP contribution in [0.25, 0.3) is 6.08 Å². The molecule has 0 saturated carbocycles. The third kappa shape index (κ3) is 3.37. The van der Waals surface area contributed by atoms with Crippen LogP contribution in [0.5, 0.6) is 17.2 Å². The second kappa shape index (κ2) is 7.66. The number of hydrogen-bond donors (Lipinski definition) is 2. The third-order valence-electron chi connectivity index (χ3n) is 5.27. The minimum absolute atomic E-state index is 0.168. The zero-order chi connectivity index (χ0) is 19.7. The van der Waals surface area contributed by atoms with Gasteiger partial charge in [-0.25, -0.2) is 0 Å². The first-order chi connectivity index (χ1) is 13.6. The van der Waals surface area contributed by atoms with Crippen molar-refractivity contribution < 1.29 is 29.0 Å². The Balaban J connectivity index is 1.72. The molecule has 0 bridgehead atoms. The van der Waals surface area contributed by atoms with E-state index in [2.05, 4.69) is 0 Å². The summed E-state index contributed by atoms with van der Waals surface area (Å²) < 4.78 is 16.8. The van der Waals surface area contributed by atoms with Crippen LogP contribution in [0.4, 0.5) is 0 Å². The van der Waals surface area contributed by atoms with E-state index in [1.54, 1.807) is 19.3 Å². The molecule has 0 aromatic heterocycles. The molecule has 2 heterocycles. The molecule has 0 spiro atoms. The summed E-state index contributed by atoms with van der Waals surface area (Å²) in [5.74, 6) is 1.38. The van der Waals surface area contributed by atoms with E-state index in [0.717, 1.165) is 18.7 Å². The van der Waals surface area contributed by atoms with Crippen LogP contribution in [0.2, 0.25) is 0 Å². The van der Waals surface area contributed by atoms with Crippen molar-refractivity contribution in [1.29, 1.82) is 0 Å². The molecule has 0 atom stereocenters. The number of Topliss-reactive ketones (excluding diaryl/α,β-unsaturated/α-hetero) is 1. The topological polar surface area (TPSA) is 69.4 Å². The van der Waals surface area contributed by atoms with Gasteiger partial charge in [0.05, 0.1) is 31.5 Å². The maximum Gasteiger partial charge on any atom is 0.232 e. The van der Waals surface area contributed by atoms with Gasteiger partial charge in [-0.15, -0.1) is 0 Å². The van der Waals surface area contributed by atoms with Crippen molar-refractivity contribution in [2.24, 2.45) is 0 Å². The number of hydrogen-bond acceptors (Lipinski definition) is 5. The van der Waals surface area contributed by atoms with Gasteiger partial charge in [0.15, 0.2) is 11.5 Å². The number of carbonyl (C=O) groups excluding carboxylic acids is 1. The lowest BCUT2D eigenvalue weighted by atomic mass is 9.99. The standard InChI is InChI=1S/C22H23NO5/c1-14-11-17(24)16(13-23-7-9-27-10-8-23)22-20(14)21(25)19(28-22)12-15-5-3-4-6-18(15)26-2/h3-6,11-12,24H,7-10,13H2,1-2H3/p+1/b19-12-. The SMILES string of the molecule is COc1ccccc1/C=C1\Oc2c(C[NH+]3CCOCC3)c(O)cc(C)c2C1=O. The Bertz CT molecular complexity index is 944. The van der Waals surface area contributed by atoms with Crippen molar-refractivity contribution in [3.8, 4) is 17.2 Å². The summed E-state index contributed by atoms with van der Waals surface area (Å²) >= 11 is 0. The van der Waals surface area contributed by atoms with Crippen molar-refractivity contribution in [3.63, 3.8) is 0 Å². The molecule has 0 unspecified atom stereocenters. The molecule has 6 heteroatoms. The highest BCUT2D eigenvalue weighted by molar-refractivity contribution is 6.16. The van der Waals surface area contributed by atoms with Gasteiger partial charge in [0.2, 0.25) is 5.78 Å². The van der Waals surface area contributed by atoms with Gasteiger partial charge >= 0.3 is 0 Å². The van der Waals surface area contributed by atoms with Crippen molar-refractivity contribution in [3.05, 3.63) is 58.3 Å². The number of ketones is 1. The molecule has 2 aliphatic heterocycles. The number of aromatic hydroxyl groups is 1. The number of rotatable bonds is 4. The summed E-state index contributed by atoms with van der Waals surface area (Å²) in [5, 5.41) is 10.6. The van der Waals surface area contributed by atoms with E-state index in [0.29, 0.717) is 47.9 Å². The normalized spacial score (nSPS) is 18.2. The van der Waals surface area contributed by atoms with E-state index < -0.39 is 0 Å². The van der Waals surface area contributed by atoms with Crippen LogP contribution in [0.15, 0.2) is 36.1 Å². The molecule has 0 amide bonds. The molecule has 0 radical (unpaired) electrons. The molecule has 1 saturated heterocycles.